The van der Waals surface area contributed by atoms with Crippen LogP contribution in [-0.2, 0) is 6.42 Å². The summed E-state index contributed by atoms with van der Waals surface area (Å²) in [6.45, 7) is 5.31. The quantitative estimate of drug-likeness (QED) is 0.612. The third-order valence-electron chi connectivity index (χ3n) is 4.46. The van der Waals surface area contributed by atoms with E-state index in [-0.39, 0.29) is 5.78 Å². The number of carbonyl (C=O) groups excluding carboxylic acids is 1. The maximum atomic E-state index is 12.4. The molecule has 3 nitrogen and oxygen atoms in total. The Labute approximate surface area is 142 Å². The summed E-state index contributed by atoms with van der Waals surface area (Å²) in [4.78, 5) is 12.4. The SMILES string of the molecule is Cc1cc(C(=O)CNCCc2cccc(Cl)c2)c(C)n1C1CC1. The molecule has 0 aliphatic heterocycles. The number of hydrogen-bond acceptors (Lipinski definition) is 2. The second-order valence-corrected chi connectivity index (χ2v) is 6.80. The van der Waals surface area contributed by atoms with E-state index in [2.05, 4.69) is 29.8 Å². The molecule has 1 aliphatic carbocycles. The van der Waals surface area contributed by atoms with E-state index in [9.17, 15) is 4.79 Å². The summed E-state index contributed by atoms with van der Waals surface area (Å²) in [6.07, 6.45) is 3.35. The summed E-state index contributed by atoms with van der Waals surface area (Å²) >= 11 is 5.98. The lowest BCUT2D eigenvalue weighted by Crippen LogP contribution is -2.25. The largest absolute Gasteiger partial charge is 0.345 e. The van der Waals surface area contributed by atoms with Gasteiger partial charge in [-0.05, 0) is 63.4 Å². The van der Waals surface area contributed by atoms with E-state index in [0.29, 0.717) is 12.6 Å². The smallest absolute Gasteiger partial charge is 0.178 e. The Balaban J connectivity index is 1.53. The minimum atomic E-state index is 0.177. The van der Waals surface area contributed by atoms with E-state index < -0.39 is 0 Å². The Kier molecular flexibility index (Phi) is 4.88. The number of ketones is 1. The fraction of sp³-hybridized carbons (Fsp3) is 0.421. The predicted molar refractivity (Wildman–Crippen MR) is 94.5 cm³/mol. The normalized spacial score (nSPS) is 14.2. The minimum absolute atomic E-state index is 0.177. The van der Waals surface area contributed by atoms with Gasteiger partial charge in [0.15, 0.2) is 5.78 Å². The molecule has 0 amide bonds. The van der Waals surface area contributed by atoms with E-state index in [1.807, 2.05) is 24.3 Å². The third kappa shape index (κ3) is 3.85. The number of halogens is 1. The third-order valence-corrected chi connectivity index (χ3v) is 4.70. The van der Waals surface area contributed by atoms with Crippen LogP contribution in [-0.4, -0.2) is 23.4 Å². The lowest BCUT2D eigenvalue weighted by atomic mass is 10.1. The molecule has 0 spiro atoms. The first-order chi connectivity index (χ1) is 11.1. The van der Waals surface area contributed by atoms with Crippen LogP contribution < -0.4 is 5.32 Å². The molecule has 1 aromatic heterocycles. The van der Waals surface area contributed by atoms with Crippen molar-refractivity contribution in [2.75, 3.05) is 13.1 Å². The highest BCUT2D eigenvalue weighted by molar-refractivity contribution is 6.30. The summed E-state index contributed by atoms with van der Waals surface area (Å²) in [5.74, 6) is 0.177. The van der Waals surface area contributed by atoms with Gasteiger partial charge in [0, 0.05) is 28.0 Å². The number of aryl methyl sites for hydroxylation is 1. The van der Waals surface area contributed by atoms with Crippen molar-refractivity contribution in [3.8, 4) is 0 Å². The Bertz CT molecular complexity index is 716. The average molecular weight is 331 g/mol. The van der Waals surface area contributed by atoms with E-state index in [4.69, 9.17) is 11.6 Å². The van der Waals surface area contributed by atoms with Gasteiger partial charge in [0.1, 0.15) is 0 Å². The van der Waals surface area contributed by atoms with Crippen molar-refractivity contribution in [3.05, 3.63) is 57.9 Å². The first-order valence-electron chi connectivity index (χ1n) is 8.23. The second-order valence-electron chi connectivity index (χ2n) is 6.37. The molecule has 2 aromatic rings. The van der Waals surface area contributed by atoms with Crippen LogP contribution >= 0.6 is 11.6 Å². The van der Waals surface area contributed by atoms with Crippen LogP contribution in [0.2, 0.25) is 5.02 Å². The molecular weight excluding hydrogens is 308 g/mol. The van der Waals surface area contributed by atoms with Crippen LogP contribution in [0.4, 0.5) is 0 Å². The molecule has 23 heavy (non-hydrogen) atoms. The second kappa shape index (κ2) is 6.90. The highest BCUT2D eigenvalue weighted by Gasteiger charge is 2.28. The lowest BCUT2D eigenvalue weighted by molar-refractivity contribution is 0.0990. The van der Waals surface area contributed by atoms with Crippen LogP contribution in [0.1, 0.15) is 46.2 Å². The zero-order chi connectivity index (χ0) is 16.4. The van der Waals surface area contributed by atoms with Gasteiger partial charge in [0.05, 0.1) is 6.54 Å². The van der Waals surface area contributed by atoms with Gasteiger partial charge < -0.3 is 9.88 Å². The molecule has 0 bridgehead atoms. The lowest BCUT2D eigenvalue weighted by Gasteiger charge is -2.08. The topological polar surface area (TPSA) is 34.0 Å². The molecule has 3 rings (SSSR count). The fourth-order valence-corrected chi connectivity index (χ4v) is 3.39. The van der Waals surface area contributed by atoms with Crippen LogP contribution in [0.15, 0.2) is 30.3 Å². The Morgan fingerprint density at radius 2 is 2.09 bits per heavy atom. The molecule has 1 fully saturated rings. The predicted octanol–water partition coefficient (Wildman–Crippen LogP) is 4.11. The van der Waals surface area contributed by atoms with Crippen molar-refractivity contribution in [3.63, 3.8) is 0 Å². The van der Waals surface area contributed by atoms with Crippen molar-refractivity contribution >= 4 is 17.4 Å². The molecule has 0 saturated heterocycles. The number of nitrogens with zero attached hydrogens (tertiary/aromatic N) is 1. The number of aromatic nitrogens is 1. The van der Waals surface area contributed by atoms with Gasteiger partial charge in [0.25, 0.3) is 0 Å². The molecule has 1 aromatic carbocycles. The van der Waals surface area contributed by atoms with Gasteiger partial charge in [-0.3, -0.25) is 4.79 Å². The Hall–Kier alpha value is -1.58. The summed E-state index contributed by atoms with van der Waals surface area (Å²) < 4.78 is 2.32. The standard InChI is InChI=1S/C19H23ClN2O/c1-13-10-18(14(2)22(13)17-6-7-17)19(23)12-21-9-8-15-4-3-5-16(20)11-15/h3-5,10-11,17,21H,6-9,12H2,1-2H3. The number of nitrogens with one attached hydrogen (secondary N) is 1. The molecule has 1 saturated carbocycles. The average Bonchev–Trinajstić information content (AvgIpc) is 3.29. The fourth-order valence-electron chi connectivity index (χ4n) is 3.18. The number of Topliss-reactive ketones (excluding diaryl/α,β-unsaturated/α-hetero) is 1. The van der Waals surface area contributed by atoms with Gasteiger partial charge in [-0.1, -0.05) is 23.7 Å². The number of rotatable bonds is 7. The molecule has 122 valence electrons. The van der Waals surface area contributed by atoms with Crippen molar-refractivity contribution in [1.29, 1.82) is 0 Å². The molecular formula is C19H23ClN2O. The van der Waals surface area contributed by atoms with Gasteiger partial charge >= 0.3 is 0 Å². The number of benzene rings is 1. The zero-order valence-corrected chi connectivity index (χ0v) is 14.5. The van der Waals surface area contributed by atoms with Gasteiger partial charge in [-0.25, -0.2) is 0 Å². The summed E-state index contributed by atoms with van der Waals surface area (Å²) in [5.41, 5.74) is 4.37. The molecule has 1 heterocycles. The van der Waals surface area contributed by atoms with E-state index in [0.717, 1.165) is 29.2 Å². The van der Waals surface area contributed by atoms with E-state index in [1.165, 1.54) is 24.1 Å². The monoisotopic (exact) mass is 330 g/mol. The first-order valence-corrected chi connectivity index (χ1v) is 8.61. The first kappa shape index (κ1) is 16.3. The number of carbonyl (C=O) groups is 1. The van der Waals surface area contributed by atoms with Crippen LogP contribution in [0.3, 0.4) is 0 Å². The number of hydrogen-bond donors (Lipinski definition) is 1. The van der Waals surface area contributed by atoms with Gasteiger partial charge in [-0.2, -0.15) is 0 Å². The van der Waals surface area contributed by atoms with Crippen molar-refractivity contribution in [2.24, 2.45) is 0 Å². The Morgan fingerprint density at radius 1 is 1.30 bits per heavy atom. The molecule has 1 aliphatic rings. The van der Waals surface area contributed by atoms with Crippen LogP contribution in [0.5, 0.6) is 0 Å². The summed E-state index contributed by atoms with van der Waals surface area (Å²) in [6, 6.07) is 10.5. The highest BCUT2D eigenvalue weighted by atomic mass is 35.5. The molecule has 4 heteroatoms. The highest BCUT2D eigenvalue weighted by Crippen LogP contribution is 2.38. The van der Waals surface area contributed by atoms with Crippen LogP contribution in [0.25, 0.3) is 0 Å². The van der Waals surface area contributed by atoms with Crippen LogP contribution in [0, 0.1) is 13.8 Å². The summed E-state index contributed by atoms with van der Waals surface area (Å²) in [7, 11) is 0. The maximum Gasteiger partial charge on any atom is 0.178 e. The maximum absolute atomic E-state index is 12.4. The molecule has 0 radical (unpaired) electrons. The summed E-state index contributed by atoms with van der Waals surface area (Å²) in [5, 5.41) is 4.01. The molecule has 1 N–H and O–H groups in total. The van der Waals surface area contributed by atoms with Gasteiger partial charge in [0.2, 0.25) is 0 Å². The molecule has 0 atom stereocenters. The van der Waals surface area contributed by atoms with Crippen molar-refractivity contribution in [2.45, 2.75) is 39.2 Å². The zero-order valence-electron chi connectivity index (χ0n) is 13.7. The molecule has 0 unspecified atom stereocenters. The van der Waals surface area contributed by atoms with Crippen molar-refractivity contribution < 1.29 is 4.79 Å². The minimum Gasteiger partial charge on any atom is -0.345 e. The Morgan fingerprint density at radius 3 is 2.78 bits per heavy atom. The van der Waals surface area contributed by atoms with E-state index >= 15 is 0 Å². The van der Waals surface area contributed by atoms with E-state index in [1.54, 1.807) is 0 Å². The van der Waals surface area contributed by atoms with Crippen molar-refractivity contribution in [1.82, 2.24) is 9.88 Å². The van der Waals surface area contributed by atoms with Gasteiger partial charge in [-0.15, -0.1) is 0 Å².